The Hall–Kier alpha value is -1.98. The maximum Gasteiger partial charge on any atom is 0.411 e. The third-order valence-electron chi connectivity index (χ3n) is 4.81. The van der Waals surface area contributed by atoms with Gasteiger partial charge in [-0.25, -0.2) is 4.79 Å². The van der Waals surface area contributed by atoms with Crippen molar-refractivity contribution in [3.63, 3.8) is 0 Å². The maximum atomic E-state index is 12.8. The Kier molecular flexibility index (Phi) is 5.89. The quantitative estimate of drug-likeness (QED) is 0.804. The van der Waals surface area contributed by atoms with E-state index >= 15 is 0 Å². The lowest BCUT2D eigenvalue weighted by molar-refractivity contribution is 0.0867. The molecule has 1 aliphatic heterocycles. The number of aliphatic hydroxyl groups excluding tert-OH is 1. The van der Waals surface area contributed by atoms with Crippen LogP contribution in [0.1, 0.15) is 37.2 Å². The SMILES string of the molecule is CS[C@@H]([C@@H](O)c1ccccc1)N1C(=O)O[C@H](c2ccccc2)[C@@H]1C(C)C. The molecule has 1 heterocycles. The Bertz CT molecular complexity index is 723. The highest BCUT2D eigenvalue weighted by atomic mass is 32.2. The van der Waals surface area contributed by atoms with Crippen molar-refractivity contribution in [3.8, 4) is 0 Å². The van der Waals surface area contributed by atoms with Crippen molar-refractivity contribution in [1.82, 2.24) is 4.90 Å². The van der Waals surface area contributed by atoms with Crippen LogP contribution >= 0.6 is 11.8 Å². The maximum absolute atomic E-state index is 12.8. The van der Waals surface area contributed by atoms with Gasteiger partial charge in [0.1, 0.15) is 17.6 Å². The minimum atomic E-state index is -0.783. The van der Waals surface area contributed by atoms with E-state index in [-0.39, 0.29) is 24.2 Å². The zero-order valence-electron chi connectivity index (χ0n) is 15.3. The van der Waals surface area contributed by atoms with Gasteiger partial charge in [0, 0.05) is 0 Å². The number of hydrogen-bond donors (Lipinski definition) is 1. The summed E-state index contributed by atoms with van der Waals surface area (Å²) in [4.78, 5) is 14.5. The number of hydrogen-bond acceptors (Lipinski definition) is 4. The van der Waals surface area contributed by atoms with Gasteiger partial charge in [0.2, 0.25) is 0 Å². The van der Waals surface area contributed by atoms with Gasteiger partial charge < -0.3 is 9.84 Å². The molecule has 3 rings (SSSR count). The summed E-state index contributed by atoms with van der Waals surface area (Å²) in [7, 11) is 0. The van der Waals surface area contributed by atoms with E-state index in [1.807, 2.05) is 66.9 Å². The molecule has 4 nitrogen and oxygen atoms in total. The molecule has 0 bridgehead atoms. The summed E-state index contributed by atoms with van der Waals surface area (Å²) in [5.41, 5.74) is 1.78. The van der Waals surface area contributed by atoms with E-state index in [1.54, 1.807) is 4.90 Å². The Balaban J connectivity index is 1.94. The van der Waals surface area contributed by atoms with Crippen molar-refractivity contribution in [2.75, 3.05) is 6.26 Å². The molecule has 1 saturated heterocycles. The molecule has 5 heteroatoms. The van der Waals surface area contributed by atoms with Gasteiger partial charge in [-0.2, -0.15) is 0 Å². The molecule has 0 aliphatic carbocycles. The number of aliphatic hydroxyl groups is 1. The number of rotatable bonds is 6. The third-order valence-corrected chi connectivity index (χ3v) is 5.78. The molecule has 138 valence electrons. The minimum absolute atomic E-state index is 0.138. The van der Waals surface area contributed by atoms with Gasteiger partial charge >= 0.3 is 6.09 Å². The first-order valence-electron chi connectivity index (χ1n) is 8.84. The summed E-state index contributed by atoms with van der Waals surface area (Å²) in [6.45, 7) is 4.17. The average molecular weight is 372 g/mol. The van der Waals surface area contributed by atoms with Crippen molar-refractivity contribution in [2.45, 2.75) is 37.5 Å². The molecule has 0 spiro atoms. The number of nitrogens with zero attached hydrogens (tertiary/aromatic N) is 1. The number of ether oxygens (including phenoxy) is 1. The Morgan fingerprint density at radius 1 is 1.04 bits per heavy atom. The second-order valence-electron chi connectivity index (χ2n) is 6.84. The topological polar surface area (TPSA) is 49.8 Å². The molecular weight excluding hydrogens is 346 g/mol. The third kappa shape index (κ3) is 3.60. The van der Waals surface area contributed by atoms with Crippen LogP contribution in [0.2, 0.25) is 0 Å². The van der Waals surface area contributed by atoms with E-state index < -0.39 is 11.5 Å². The molecule has 0 aromatic heterocycles. The van der Waals surface area contributed by atoms with E-state index in [0.717, 1.165) is 11.1 Å². The number of carbonyl (C=O) groups excluding carboxylic acids is 1. The average Bonchev–Trinajstić information content (AvgIpc) is 3.01. The first-order chi connectivity index (χ1) is 12.5. The Morgan fingerprint density at radius 3 is 2.15 bits per heavy atom. The summed E-state index contributed by atoms with van der Waals surface area (Å²) in [5, 5.41) is 10.5. The molecule has 1 fully saturated rings. The molecule has 26 heavy (non-hydrogen) atoms. The van der Waals surface area contributed by atoms with Crippen molar-refractivity contribution in [2.24, 2.45) is 5.92 Å². The normalized spacial score (nSPS) is 22.3. The Labute approximate surface area is 159 Å². The van der Waals surface area contributed by atoms with Gasteiger partial charge in [-0.1, -0.05) is 74.5 Å². The van der Waals surface area contributed by atoms with E-state index in [9.17, 15) is 9.90 Å². The van der Waals surface area contributed by atoms with Gasteiger partial charge in [0.25, 0.3) is 0 Å². The standard InChI is InChI=1S/C21H25NO3S/c1-14(2)17-19(16-12-8-5-9-13-16)25-21(24)22(17)20(26-3)18(23)15-10-6-4-7-11-15/h4-14,17-20,23H,1-3H3/t17-,18-,19+,20-/m0/s1. The highest BCUT2D eigenvalue weighted by Gasteiger charge is 2.48. The van der Waals surface area contributed by atoms with Crippen LogP contribution in [-0.2, 0) is 4.74 Å². The number of amides is 1. The predicted octanol–water partition coefficient (Wildman–Crippen LogP) is 4.63. The van der Waals surface area contributed by atoms with Crippen LogP contribution in [0.4, 0.5) is 4.79 Å². The lowest BCUT2D eigenvalue weighted by Crippen LogP contribution is -2.46. The van der Waals surface area contributed by atoms with Crippen LogP contribution in [0.25, 0.3) is 0 Å². The van der Waals surface area contributed by atoms with Crippen LogP contribution in [-0.4, -0.2) is 33.8 Å². The molecule has 2 aromatic rings. The smallest absolute Gasteiger partial charge is 0.411 e. The molecule has 1 N–H and O–H groups in total. The number of benzene rings is 2. The molecular formula is C21H25NO3S. The lowest BCUT2D eigenvalue weighted by Gasteiger charge is -2.35. The summed E-state index contributed by atoms with van der Waals surface area (Å²) in [6.07, 6.45) is 0.430. The number of thioether (sulfide) groups is 1. The van der Waals surface area contributed by atoms with Gasteiger partial charge in [-0.15, -0.1) is 11.8 Å². The summed E-state index contributed by atoms with van der Waals surface area (Å²) in [5.74, 6) is 0.185. The first kappa shape index (κ1) is 18.8. The van der Waals surface area contributed by atoms with Crippen LogP contribution in [0.15, 0.2) is 60.7 Å². The molecule has 0 saturated carbocycles. The summed E-state index contributed by atoms with van der Waals surface area (Å²) in [6, 6.07) is 19.2. The number of carbonyl (C=O) groups is 1. The lowest BCUT2D eigenvalue weighted by atomic mass is 9.92. The Morgan fingerprint density at radius 2 is 1.62 bits per heavy atom. The van der Waals surface area contributed by atoms with Crippen LogP contribution in [0.3, 0.4) is 0 Å². The van der Waals surface area contributed by atoms with Gasteiger partial charge in [0.05, 0.1) is 6.04 Å². The van der Waals surface area contributed by atoms with Crippen LogP contribution in [0.5, 0.6) is 0 Å². The minimum Gasteiger partial charge on any atom is -0.439 e. The number of cyclic esters (lactones) is 1. The monoisotopic (exact) mass is 371 g/mol. The van der Waals surface area contributed by atoms with Crippen LogP contribution in [0, 0.1) is 5.92 Å². The van der Waals surface area contributed by atoms with Crippen LogP contribution < -0.4 is 0 Å². The largest absolute Gasteiger partial charge is 0.439 e. The highest BCUT2D eigenvalue weighted by molar-refractivity contribution is 7.99. The molecule has 0 unspecified atom stereocenters. The van der Waals surface area contributed by atoms with Crippen molar-refractivity contribution < 1.29 is 14.6 Å². The zero-order chi connectivity index (χ0) is 18.7. The summed E-state index contributed by atoms with van der Waals surface area (Å²) >= 11 is 1.47. The molecule has 2 aromatic carbocycles. The first-order valence-corrected chi connectivity index (χ1v) is 10.1. The fraction of sp³-hybridized carbons (Fsp3) is 0.381. The van der Waals surface area contributed by atoms with E-state index in [2.05, 4.69) is 13.8 Å². The fourth-order valence-corrected chi connectivity index (χ4v) is 4.44. The van der Waals surface area contributed by atoms with Gasteiger partial charge in [-0.05, 0) is 23.3 Å². The highest BCUT2D eigenvalue weighted by Crippen LogP contribution is 2.42. The van der Waals surface area contributed by atoms with Crippen molar-refractivity contribution in [3.05, 3.63) is 71.8 Å². The second-order valence-corrected chi connectivity index (χ2v) is 7.79. The van der Waals surface area contributed by atoms with E-state index in [0.29, 0.717) is 0 Å². The van der Waals surface area contributed by atoms with E-state index in [4.69, 9.17) is 4.74 Å². The predicted molar refractivity (Wildman–Crippen MR) is 105 cm³/mol. The molecule has 4 atom stereocenters. The summed E-state index contributed by atoms with van der Waals surface area (Å²) < 4.78 is 5.77. The molecule has 1 aliphatic rings. The fourth-order valence-electron chi connectivity index (χ4n) is 3.57. The second kappa shape index (κ2) is 8.14. The molecule has 1 amide bonds. The zero-order valence-corrected chi connectivity index (χ0v) is 16.1. The molecule has 0 radical (unpaired) electrons. The van der Waals surface area contributed by atoms with Gasteiger partial charge in [0.15, 0.2) is 0 Å². The van der Waals surface area contributed by atoms with Crippen molar-refractivity contribution >= 4 is 17.9 Å². The van der Waals surface area contributed by atoms with Crippen molar-refractivity contribution in [1.29, 1.82) is 0 Å². The van der Waals surface area contributed by atoms with E-state index in [1.165, 1.54) is 11.8 Å². The van der Waals surface area contributed by atoms with Gasteiger partial charge in [-0.3, -0.25) is 4.90 Å².